The first-order chi connectivity index (χ1) is 10.8. The van der Waals surface area contributed by atoms with Crippen molar-refractivity contribution in [1.82, 2.24) is 5.32 Å². The second-order valence-corrected chi connectivity index (χ2v) is 6.16. The molecular formula is C14H24N2O6S. The molecule has 1 amide bonds. The van der Waals surface area contributed by atoms with E-state index in [-0.39, 0.29) is 23.7 Å². The van der Waals surface area contributed by atoms with Gasteiger partial charge in [0.05, 0.1) is 19.4 Å². The predicted molar refractivity (Wildman–Crippen MR) is 85.7 cm³/mol. The number of carbonyl (C=O) groups is 4. The third-order valence-corrected chi connectivity index (χ3v) is 4.04. The summed E-state index contributed by atoms with van der Waals surface area (Å²) in [5.41, 5.74) is 5.36. The minimum absolute atomic E-state index is 0.0887. The van der Waals surface area contributed by atoms with Crippen molar-refractivity contribution in [2.75, 3.05) is 19.4 Å². The van der Waals surface area contributed by atoms with E-state index in [1.165, 1.54) is 14.0 Å². The number of amides is 1. The van der Waals surface area contributed by atoms with E-state index in [0.717, 1.165) is 11.8 Å². The van der Waals surface area contributed by atoms with E-state index in [1.54, 1.807) is 0 Å². The summed E-state index contributed by atoms with van der Waals surface area (Å²) in [5.74, 6) is -3.06. The molecule has 8 nitrogen and oxygen atoms in total. The Balaban J connectivity index is 4.77. The van der Waals surface area contributed by atoms with Crippen LogP contribution < -0.4 is 11.1 Å². The van der Waals surface area contributed by atoms with Gasteiger partial charge in [-0.05, 0) is 25.8 Å². The smallest absolute Gasteiger partial charge is 0.326 e. The molecule has 0 rings (SSSR count). The van der Waals surface area contributed by atoms with Crippen molar-refractivity contribution in [2.45, 2.75) is 38.6 Å². The number of nitrogens with one attached hydrogen (secondary N) is 1. The predicted octanol–water partition coefficient (Wildman–Crippen LogP) is 0.144. The number of carboxylic acid groups (broad SMARTS) is 1. The van der Waals surface area contributed by atoms with Crippen molar-refractivity contribution in [3.05, 3.63) is 0 Å². The molecule has 132 valence electrons. The summed E-state index contributed by atoms with van der Waals surface area (Å²) < 4.78 is 4.53. The Hall–Kier alpha value is -1.61. The van der Waals surface area contributed by atoms with Crippen LogP contribution in [0, 0.1) is 5.92 Å². The maximum atomic E-state index is 12.2. The van der Waals surface area contributed by atoms with Gasteiger partial charge >= 0.3 is 11.9 Å². The number of ether oxygens (including phenoxy) is 1. The first-order valence-corrected chi connectivity index (χ1v) is 8.23. The average Bonchev–Trinajstić information content (AvgIpc) is 2.49. The van der Waals surface area contributed by atoms with Crippen LogP contribution in [0.25, 0.3) is 0 Å². The number of rotatable bonds is 11. The minimum Gasteiger partial charge on any atom is -0.480 e. The monoisotopic (exact) mass is 348 g/mol. The second-order valence-electron chi connectivity index (χ2n) is 4.96. The summed E-state index contributed by atoms with van der Waals surface area (Å²) in [6.45, 7) is 1.80. The van der Waals surface area contributed by atoms with E-state index < -0.39 is 29.8 Å². The fourth-order valence-electron chi connectivity index (χ4n) is 1.77. The molecule has 0 aromatic heterocycles. The van der Waals surface area contributed by atoms with Crippen LogP contribution >= 0.6 is 11.8 Å². The maximum Gasteiger partial charge on any atom is 0.326 e. The fraction of sp³-hybridized carbons (Fsp3) is 0.714. The number of unbranched alkanes of at least 4 members (excludes halogenated alkanes) is 1. The van der Waals surface area contributed by atoms with Gasteiger partial charge in [-0.25, -0.2) is 4.79 Å². The van der Waals surface area contributed by atoms with E-state index in [9.17, 15) is 19.2 Å². The van der Waals surface area contributed by atoms with E-state index in [0.29, 0.717) is 19.4 Å². The lowest BCUT2D eigenvalue weighted by Gasteiger charge is -2.19. The van der Waals surface area contributed by atoms with Gasteiger partial charge in [0.1, 0.15) is 6.04 Å². The van der Waals surface area contributed by atoms with Crippen molar-refractivity contribution >= 4 is 34.7 Å². The SMILES string of the molecule is COC(=O)CC(CSC(C)=O)C(=O)N[C@@H](CCCCN)C(=O)O. The van der Waals surface area contributed by atoms with Crippen LogP contribution in [0.1, 0.15) is 32.6 Å². The van der Waals surface area contributed by atoms with Crippen LogP contribution in [0.5, 0.6) is 0 Å². The molecule has 0 saturated heterocycles. The molecule has 0 aromatic rings. The Morgan fingerprint density at radius 1 is 1.26 bits per heavy atom. The quantitative estimate of drug-likeness (QED) is 0.354. The van der Waals surface area contributed by atoms with Crippen LogP contribution in [0.15, 0.2) is 0 Å². The highest BCUT2D eigenvalue weighted by atomic mass is 32.2. The third-order valence-electron chi connectivity index (χ3n) is 3.06. The van der Waals surface area contributed by atoms with E-state index in [2.05, 4.69) is 10.1 Å². The summed E-state index contributed by atoms with van der Waals surface area (Å²) >= 11 is 0.906. The number of aliphatic carboxylic acids is 1. The van der Waals surface area contributed by atoms with Crippen LogP contribution in [-0.2, 0) is 23.9 Å². The number of carbonyl (C=O) groups excluding carboxylic acids is 3. The van der Waals surface area contributed by atoms with Gasteiger partial charge in [0.2, 0.25) is 5.91 Å². The van der Waals surface area contributed by atoms with Crippen molar-refractivity contribution in [3.8, 4) is 0 Å². The fourth-order valence-corrected chi connectivity index (χ4v) is 2.47. The molecule has 0 saturated carbocycles. The average molecular weight is 348 g/mol. The molecule has 0 spiro atoms. The number of hydrogen-bond acceptors (Lipinski definition) is 7. The van der Waals surface area contributed by atoms with Crippen LogP contribution in [0.2, 0.25) is 0 Å². The Morgan fingerprint density at radius 3 is 2.39 bits per heavy atom. The van der Waals surface area contributed by atoms with Gasteiger partial charge in [-0.15, -0.1) is 0 Å². The highest BCUT2D eigenvalue weighted by Crippen LogP contribution is 2.15. The molecule has 4 N–H and O–H groups in total. The highest BCUT2D eigenvalue weighted by Gasteiger charge is 2.27. The molecule has 9 heteroatoms. The molecule has 0 aliphatic rings. The van der Waals surface area contributed by atoms with Crippen LogP contribution in [-0.4, -0.2) is 53.5 Å². The Morgan fingerprint density at radius 2 is 1.91 bits per heavy atom. The van der Waals surface area contributed by atoms with Crippen molar-refractivity contribution < 1.29 is 29.0 Å². The van der Waals surface area contributed by atoms with E-state index >= 15 is 0 Å². The lowest BCUT2D eigenvalue weighted by molar-refractivity contribution is -0.145. The van der Waals surface area contributed by atoms with Gasteiger partial charge in [-0.2, -0.15) is 0 Å². The molecule has 2 atom stereocenters. The van der Waals surface area contributed by atoms with Gasteiger partial charge in [0, 0.05) is 12.7 Å². The van der Waals surface area contributed by atoms with Gasteiger partial charge in [0.25, 0.3) is 0 Å². The molecule has 0 heterocycles. The zero-order valence-electron chi connectivity index (χ0n) is 13.4. The number of thioether (sulfide) groups is 1. The van der Waals surface area contributed by atoms with Gasteiger partial charge in [0.15, 0.2) is 5.12 Å². The summed E-state index contributed by atoms with van der Waals surface area (Å²) in [6, 6.07) is -1.04. The summed E-state index contributed by atoms with van der Waals surface area (Å²) in [7, 11) is 1.20. The summed E-state index contributed by atoms with van der Waals surface area (Å²) in [6.07, 6.45) is 1.27. The van der Waals surface area contributed by atoms with Crippen LogP contribution in [0.3, 0.4) is 0 Å². The molecule has 1 unspecified atom stereocenters. The summed E-state index contributed by atoms with van der Waals surface area (Å²) in [5, 5.41) is 11.4. The number of esters is 1. The molecule has 0 bridgehead atoms. The lowest BCUT2D eigenvalue weighted by atomic mass is 10.0. The largest absolute Gasteiger partial charge is 0.480 e. The molecule has 23 heavy (non-hydrogen) atoms. The molecule has 0 fully saturated rings. The normalized spacial score (nSPS) is 13.0. The lowest BCUT2D eigenvalue weighted by Crippen LogP contribution is -2.44. The molecule has 0 aromatic carbocycles. The molecular weight excluding hydrogens is 324 g/mol. The van der Waals surface area contributed by atoms with Crippen molar-refractivity contribution in [2.24, 2.45) is 11.7 Å². The number of nitrogens with two attached hydrogens (primary N) is 1. The highest BCUT2D eigenvalue weighted by molar-refractivity contribution is 8.13. The number of methoxy groups -OCH3 is 1. The maximum absolute atomic E-state index is 12.2. The third kappa shape index (κ3) is 9.90. The zero-order valence-corrected chi connectivity index (χ0v) is 14.2. The Kier molecular flexibility index (Phi) is 11.1. The Labute approximate surface area is 139 Å². The number of carboxylic acids is 1. The minimum atomic E-state index is -1.15. The van der Waals surface area contributed by atoms with Crippen molar-refractivity contribution in [1.29, 1.82) is 0 Å². The Bertz CT molecular complexity index is 429. The summed E-state index contributed by atoms with van der Waals surface area (Å²) in [4.78, 5) is 45.8. The molecule has 0 radical (unpaired) electrons. The van der Waals surface area contributed by atoms with Gasteiger partial charge in [-0.3, -0.25) is 14.4 Å². The zero-order chi connectivity index (χ0) is 17.8. The molecule has 0 aliphatic heterocycles. The molecule has 0 aliphatic carbocycles. The topological polar surface area (TPSA) is 136 Å². The first kappa shape index (κ1) is 21.4. The number of hydrogen-bond donors (Lipinski definition) is 3. The van der Waals surface area contributed by atoms with E-state index in [4.69, 9.17) is 10.8 Å². The second kappa shape index (κ2) is 11.9. The van der Waals surface area contributed by atoms with Gasteiger partial charge < -0.3 is 20.9 Å². The van der Waals surface area contributed by atoms with Gasteiger partial charge in [-0.1, -0.05) is 11.8 Å². The van der Waals surface area contributed by atoms with Crippen molar-refractivity contribution in [3.63, 3.8) is 0 Å². The van der Waals surface area contributed by atoms with E-state index in [1.807, 2.05) is 0 Å². The van der Waals surface area contributed by atoms with Crippen LogP contribution in [0.4, 0.5) is 0 Å². The standard InChI is InChI=1S/C14H24N2O6S/c1-9(17)23-8-10(7-12(18)22-2)13(19)16-11(14(20)21)5-3-4-6-15/h10-11H,3-8,15H2,1-2H3,(H,16,19)(H,20,21)/t10?,11-/m0/s1. The first-order valence-electron chi connectivity index (χ1n) is 7.25.